The lowest BCUT2D eigenvalue weighted by atomic mass is 10.3. The molecule has 0 aromatic heterocycles. The van der Waals surface area contributed by atoms with Gasteiger partial charge in [0.05, 0.1) is 0 Å². The van der Waals surface area contributed by atoms with Crippen LogP contribution < -0.4 is 0 Å². The van der Waals surface area contributed by atoms with Crippen LogP contribution in [0.15, 0.2) is 0 Å². The van der Waals surface area contributed by atoms with E-state index in [1.807, 2.05) is 0 Å². The molecule has 0 aliphatic rings. The minimum atomic E-state index is -5.07. The van der Waals surface area contributed by atoms with Gasteiger partial charge in [0.25, 0.3) is 11.6 Å². The van der Waals surface area contributed by atoms with E-state index in [0.717, 1.165) is 0 Å². The minimum Gasteiger partial charge on any atom is -0.284 e. The van der Waals surface area contributed by atoms with Gasteiger partial charge >= 0.3 is 25.2 Å². The molecule has 116 valence electrons. The molecule has 20 heavy (non-hydrogen) atoms. The van der Waals surface area contributed by atoms with Gasteiger partial charge < -0.3 is 0 Å². The maximum atomic E-state index is 11.1. The Morgan fingerprint density at radius 2 is 0.850 bits per heavy atom. The van der Waals surface area contributed by atoms with Crippen LogP contribution in [-0.2, 0) is 9.59 Å². The number of alkyl halides is 10. The average molecular weight is 320 g/mol. The highest BCUT2D eigenvalue weighted by molar-refractivity contribution is 6.39. The molecule has 0 fully saturated rings. The number of carbonyl (C=O) groups excluding carboxylic acids is 2. The SMILES string of the molecule is FC(F)(F)C#CC(F)(F)F.O=C(C(=O)C(F)F)C(F)F. The summed E-state index contributed by atoms with van der Waals surface area (Å²) in [5, 5.41) is 0. The van der Waals surface area contributed by atoms with E-state index in [2.05, 4.69) is 0 Å². The van der Waals surface area contributed by atoms with E-state index in [-0.39, 0.29) is 11.8 Å². The second kappa shape index (κ2) is 7.71. The Hall–Kier alpha value is -1.80. The normalized spacial score (nSPS) is 11.4. The molecule has 2 nitrogen and oxygen atoms in total. The predicted octanol–water partition coefficient (Wildman–Crippen LogP) is 2.77. The summed E-state index contributed by atoms with van der Waals surface area (Å²) in [6.07, 6.45) is -17.4. The molecule has 0 aromatic rings. The molecular weight excluding hydrogens is 318 g/mol. The van der Waals surface area contributed by atoms with Gasteiger partial charge in [0.1, 0.15) is 0 Å². The lowest BCUT2D eigenvalue weighted by Gasteiger charge is -1.94. The van der Waals surface area contributed by atoms with Crippen LogP contribution in [0.2, 0.25) is 0 Å². The lowest BCUT2D eigenvalue weighted by Crippen LogP contribution is -2.27. The molecule has 0 saturated carbocycles. The van der Waals surface area contributed by atoms with Gasteiger partial charge in [-0.3, -0.25) is 9.59 Å². The largest absolute Gasteiger partial charge is 0.457 e. The van der Waals surface area contributed by atoms with Crippen molar-refractivity contribution in [3.63, 3.8) is 0 Å². The molecule has 0 bridgehead atoms. The van der Waals surface area contributed by atoms with Gasteiger partial charge in [-0.05, 0) is 0 Å². The van der Waals surface area contributed by atoms with Gasteiger partial charge in [0.2, 0.25) is 0 Å². The monoisotopic (exact) mass is 320 g/mol. The van der Waals surface area contributed by atoms with Crippen LogP contribution in [-0.4, -0.2) is 36.8 Å². The summed E-state index contributed by atoms with van der Waals surface area (Å²) in [4.78, 5) is 19.4. The van der Waals surface area contributed by atoms with Gasteiger partial charge in [0, 0.05) is 11.8 Å². The number of Topliss-reactive ketones (excluding diaryl/α,β-unsaturated/α-hetero) is 2. The summed E-state index contributed by atoms with van der Waals surface area (Å²) < 4.78 is 110. The van der Waals surface area contributed by atoms with Crippen molar-refractivity contribution >= 4 is 11.6 Å². The fraction of sp³-hybridized carbons (Fsp3) is 0.500. The summed E-state index contributed by atoms with van der Waals surface area (Å²) in [6.45, 7) is 0. The van der Waals surface area contributed by atoms with Crippen LogP contribution in [0.25, 0.3) is 0 Å². The number of rotatable bonds is 3. The standard InChI is InChI=1S/C4F6.C4H2F4O2/c5-3(6,7)1-2-4(8,9)10;5-3(6)1(9)2(10)4(7)8/h;3-4H. The zero-order chi connectivity index (χ0) is 16.7. The number of halogens is 10. The van der Waals surface area contributed by atoms with E-state index < -0.39 is 36.8 Å². The Balaban J connectivity index is 0. The van der Waals surface area contributed by atoms with Crippen LogP contribution in [0.4, 0.5) is 43.9 Å². The maximum Gasteiger partial charge on any atom is 0.457 e. The number of ketones is 2. The molecule has 0 rings (SSSR count). The number of hydrogen-bond donors (Lipinski definition) is 0. The molecular formula is C8H2F10O2. The van der Waals surface area contributed by atoms with Gasteiger partial charge in [-0.1, -0.05) is 0 Å². The Kier molecular flexibility index (Phi) is 7.91. The fourth-order valence-electron chi connectivity index (χ4n) is 0.357. The predicted molar refractivity (Wildman–Crippen MR) is 41.9 cm³/mol. The van der Waals surface area contributed by atoms with Crippen molar-refractivity contribution < 1.29 is 53.5 Å². The number of carbonyl (C=O) groups is 2. The van der Waals surface area contributed by atoms with Crippen molar-refractivity contribution in [1.29, 1.82) is 0 Å². The van der Waals surface area contributed by atoms with E-state index in [4.69, 9.17) is 0 Å². The summed E-state index contributed by atoms with van der Waals surface area (Å²) in [7, 11) is 0. The highest BCUT2D eigenvalue weighted by atomic mass is 19.4. The molecule has 0 radical (unpaired) electrons. The van der Waals surface area contributed by atoms with E-state index in [1.165, 1.54) is 0 Å². The highest BCUT2D eigenvalue weighted by Crippen LogP contribution is 2.16. The Labute approximate surface area is 103 Å². The molecule has 0 aromatic carbocycles. The third-order valence-electron chi connectivity index (χ3n) is 0.985. The molecule has 0 saturated heterocycles. The third kappa shape index (κ3) is 12.7. The zero-order valence-electron chi connectivity index (χ0n) is 8.75. The van der Waals surface area contributed by atoms with E-state index >= 15 is 0 Å². The topological polar surface area (TPSA) is 34.1 Å². The van der Waals surface area contributed by atoms with Crippen LogP contribution in [0.5, 0.6) is 0 Å². The smallest absolute Gasteiger partial charge is 0.284 e. The van der Waals surface area contributed by atoms with E-state index in [1.54, 1.807) is 0 Å². The first-order valence-corrected chi connectivity index (χ1v) is 3.99. The minimum absolute atomic E-state index is 0.0868. The van der Waals surface area contributed by atoms with Crippen molar-refractivity contribution in [3.05, 3.63) is 0 Å². The Morgan fingerprint density at radius 3 is 0.950 bits per heavy atom. The summed E-state index contributed by atoms with van der Waals surface area (Å²) in [6, 6.07) is 0. The van der Waals surface area contributed by atoms with Gasteiger partial charge in [-0.15, -0.1) is 0 Å². The van der Waals surface area contributed by atoms with Crippen LogP contribution in [0.3, 0.4) is 0 Å². The average Bonchev–Trinajstić information content (AvgIpc) is 2.23. The molecule has 0 N–H and O–H groups in total. The lowest BCUT2D eigenvalue weighted by molar-refractivity contribution is -0.148. The van der Waals surface area contributed by atoms with Crippen LogP contribution in [0, 0.1) is 11.8 Å². The van der Waals surface area contributed by atoms with Crippen molar-refractivity contribution in [2.75, 3.05) is 0 Å². The first-order chi connectivity index (χ1) is 8.67. The first kappa shape index (κ1) is 20.5. The molecule has 0 amide bonds. The van der Waals surface area contributed by atoms with E-state index in [9.17, 15) is 53.5 Å². The van der Waals surface area contributed by atoms with Crippen molar-refractivity contribution in [2.45, 2.75) is 25.2 Å². The van der Waals surface area contributed by atoms with Gasteiger partial charge in [0.15, 0.2) is 0 Å². The second-order valence-corrected chi connectivity index (χ2v) is 2.58. The van der Waals surface area contributed by atoms with Crippen molar-refractivity contribution in [1.82, 2.24) is 0 Å². The molecule has 0 unspecified atom stereocenters. The summed E-state index contributed by atoms with van der Waals surface area (Å²) >= 11 is 0. The third-order valence-corrected chi connectivity index (χ3v) is 0.985. The number of hydrogen-bond acceptors (Lipinski definition) is 2. The Morgan fingerprint density at radius 1 is 0.650 bits per heavy atom. The first-order valence-electron chi connectivity index (χ1n) is 3.99. The molecule has 0 heterocycles. The second-order valence-electron chi connectivity index (χ2n) is 2.58. The van der Waals surface area contributed by atoms with Gasteiger partial charge in [-0.2, -0.15) is 26.3 Å². The summed E-state index contributed by atoms with van der Waals surface area (Å²) in [5.74, 6) is -4.50. The fourth-order valence-corrected chi connectivity index (χ4v) is 0.357. The highest BCUT2D eigenvalue weighted by Gasteiger charge is 2.31. The van der Waals surface area contributed by atoms with Crippen molar-refractivity contribution in [2.24, 2.45) is 0 Å². The van der Waals surface area contributed by atoms with Crippen LogP contribution >= 0.6 is 0 Å². The molecule has 0 atom stereocenters. The molecule has 12 heteroatoms. The Bertz CT molecular complexity index is 358. The van der Waals surface area contributed by atoms with Gasteiger partial charge in [-0.25, -0.2) is 17.6 Å². The zero-order valence-corrected chi connectivity index (χ0v) is 8.75. The van der Waals surface area contributed by atoms with Crippen LogP contribution in [0.1, 0.15) is 0 Å². The maximum absolute atomic E-state index is 11.1. The quantitative estimate of drug-likeness (QED) is 0.455. The summed E-state index contributed by atoms with van der Waals surface area (Å²) in [5.41, 5.74) is 0. The van der Waals surface area contributed by atoms with Crippen molar-refractivity contribution in [3.8, 4) is 11.8 Å². The molecule has 0 aliphatic heterocycles. The molecule has 0 spiro atoms. The molecule has 0 aliphatic carbocycles. The van der Waals surface area contributed by atoms with E-state index in [0.29, 0.717) is 0 Å².